The molecule has 0 aromatic heterocycles. The number of amides is 1. The van der Waals surface area contributed by atoms with Gasteiger partial charge in [-0.2, -0.15) is 0 Å². The Labute approximate surface area is 63.3 Å². The van der Waals surface area contributed by atoms with Crippen molar-refractivity contribution in [2.24, 2.45) is 0 Å². The summed E-state index contributed by atoms with van der Waals surface area (Å²) in [6.07, 6.45) is 0.176. The number of hydrogen-bond acceptors (Lipinski definition) is 2. The number of carbonyl (C=O) groups is 1. The van der Waals surface area contributed by atoms with Crippen molar-refractivity contribution in [3.8, 4) is 0 Å². The van der Waals surface area contributed by atoms with Crippen molar-refractivity contribution in [3.63, 3.8) is 0 Å². The standard InChI is InChI=1S/C4H7NO2.Ag/c1-2-3-5-4(6)7;/h2,5H,1,3H2,(H,6,7);/q;+1/p-1. The van der Waals surface area contributed by atoms with Gasteiger partial charge in [0, 0.05) is 6.54 Å². The summed E-state index contributed by atoms with van der Waals surface area (Å²) in [7, 11) is 0. The zero-order chi connectivity index (χ0) is 5.70. The van der Waals surface area contributed by atoms with E-state index in [9.17, 15) is 9.90 Å². The van der Waals surface area contributed by atoms with Crippen LogP contribution in [0.25, 0.3) is 0 Å². The molecule has 0 aromatic rings. The maximum Gasteiger partial charge on any atom is 1.00 e. The molecule has 1 amide bonds. The molecule has 0 rings (SSSR count). The Bertz CT molecular complexity index is 84.1. The monoisotopic (exact) mass is 207 g/mol. The molecule has 3 nitrogen and oxygen atoms in total. The largest absolute Gasteiger partial charge is 1.00 e. The zero-order valence-electron chi connectivity index (χ0n) is 4.11. The molecule has 0 fully saturated rings. The van der Waals surface area contributed by atoms with Crippen LogP contribution in [0.15, 0.2) is 12.7 Å². The summed E-state index contributed by atoms with van der Waals surface area (Å²) in [4.78, 5) is 9.49. The van der Waals surface area contributed by atoms with Gasteiger partial charge in [0.2, 0.25) is 0 Å². The first-order chi connectivity index (χ1) is 3.27. The van der Waals surface area contributed by atoms with Crippen molar-refractivity contribution in [3.05, 3.63) is 12.7 Å². The quantitative estimate of drug-likeness (QED) is 0.472. The van der Waals surface area contributed by atoms with E-state index >= 15 is 0 Å². The first kappa shape index (κ1) is 10.7. The Morgan fingerprint density at radius 2 is 2.38 bits per heavy atom. The van der Waals surface area contributed by atoms with E-state index in [1.165, 1.54) is 6.08 Å². The van der Waals surface area contributed by atoms with Gasteiger partial charge in [-0.3, -0.25) is 0 Å². The number of hydrogen-bond donors (Lipinski definition) is 1. The molecule has 0 spiro atoms. The molecule has 0 aliphatic carbocycles. The second-order valence-corrected chi connectivity index (χ2v) is 0.957. The van der Waals surface area contributed by atoms with Crippen molar-refractivity contribution in [2.45, 2.75) is 0 Å². The summed E-state index contributed by atoms with van der Waals surface area (Å²) in [5.41, 5.74) is 0. The van der Waals surface area contributed by atoms with Crippen LogP contribution >= 0.6 is 0 Å². The van der Waals surface area contributed by atoms with Crippen LogP contribution in [-0.2, 0) is 22.4 Å². The first-order valence-electron chi connectivity index (χ1n) is 1.83. The first-order valence-corrected chi connectivity index (χ1v) is 1.83. The maximum absolute atomic E-state index is 9.49. The fourth-order valence-electron chi connectivity index (χ4n) is 0.156. The van der Waals surface area contributed by atoms with Crippen molar-refractivity contribution in [1.82, 2.24) is 5.32 Å². The summed E-state index contributed by atoms with van der Waals surface area (Å²) in [6, 6.07) is 0. The molecule has 0 radical (unpaired) electrons. The zero-order valence-corrected chi connectivity index (χ0v) is 5.59. The Kier molecular flexibility index (Phi) is 9.01. The minimum atomic E-state index is -1.26. The Morgan fingerprint density at radius 1 is 1.88 bits per heavy atom. The number of rotatable bonds is 2. The van der Waals surface area contributed by atoms with Crippen LogP contribution in [-0.4, -0.2) is 12.6 Å². The third kappa shape index (κ3) is 9.23. The number of carboxylic acid groups (broad SMARTS) is 1. The van der Waals surface area contributed by atoms with Crippen LogP contribution in [0.2, 0.25) is 0 Å². The average molecular weight is 208 g/mol. The molecule has 0 aromatic carbocycles. The Morgan fingerprint density at radius 3 is 2.50 bits per heavy atom. The van der Waals surface area contributed by atoms with E-state index in [2.05, 4.69) is 6.58 Å². The second-order valence-electron chi connectivity index (χ2n) is 0.957. The third-order valence-electron chi connectivity index (χ3n) is 0.391. The van der Waals surface area contributed by atoms with Gasteiger partial charge in [0.1, 0.15) is 6.09 Å². The van der Waals surface area contributed by atoms with Gasteiger partial charge in [0.25, 0.3) is 0 Å². The van der Waals surface area contributed by atoms with Gasteiger partial charge in [-0.15, -0.1) is 6.58 Å². The summed E-state index contributed by atoms with van der Waals surface area (Å²) in [5, 5.41) is 11.5. The topological polar surface area (TPSA) is 52.2 Å². The van der Waals surface area contributed by atoms with Gasteiger partial charge in [-0.1, -0.05) is 6.08 Å². The normalized spacial score (nSPS) is 6.50. The molecule has 1 N–H and O–H groups in total. The molecule has 0 aliphatic heterocycles. The van der Waals surface area contributed by atoms with E-state index in [1.54, 1.807) is 0 Å². The molecule has 0 aliphatic rings. The predicted octanol–water partition coefficient (Wildman–Crippen LogP) is -0.897. The maximum atomic E-state index is 9.49. The smallest absolute Gasteiger partial charge is 0.530 e. The molecule has 50 valence electrons. The summed E-state index contributed by atoms with van der Waals surface area (Å²) in [6.45, 7) is 3.53. The van der Waals surface area contributed by atoms with Gasteiger partial charge in [-0.05, 0) is 0 Å². The second kappa shape index (κ2) is 6.75. The number of nitrogens with one attached hydrogen (secondary N) is 1. The molecule has 0 atom stereocenters. The minimum absolute atomic E-state index is 0. The molecule has 0 saturated carbocycles. The molecule has 4 heteroatoms. The fourth-order valence-corrected chi connectivity index (χ4v) is 0.156. The minimum Gasteiger partial charge on any atom is -0.530 e. The molecular formula is C4H6AgNO2. The van der Waals surface area contributed by atoms with Crippen molar-refractivity contribution in [2.75, 3.05) is 6.54 Å². The number of carbonyl (C=O) groups excluding carboxylic acids is 1. The van der Waals surface area contributed by atoms with Crippen molar-refractivity contribution >= 4 is 6.09 Å². The van der Waals surface area contributed by atoms with Crippen molar-refractivity contribution < 1.29 is 32.3 Å². The van der Waals surface area contributed by atoms with Crippen LogP contribution in [0.1, 0.15) is 0 Å². The average Bonchev–Trinajstić information content (AvgIpc) is 1.61. The van der Waals surface area contributed by atoms with E-state index < -0.39 is 6.09 Å². The van der Waals surface area contributed by atoms with Crippen LogP contribution in [0.4, 0.5) is 4.79 Å². The van der Waals surface area contributed by atoms with Gasteiger partial charge >= 0.3 is 22.4 Å². The third-order valence-corrected chi connectivity index (χ3v) is 0.391. The summed E-state index contributed by atoms with van der Waals surface area (Å²) >= 11 is 0. The molecule has 0 heterocycles. The van der Waals surface area contributed by atoms with E-state index in [4.69, 9.17) is 0 Å². The van der Waals surface area contributed by atoms with Gasteiger partial charge in [-0.25, -0.2) is 0 Å². The van der Waals surface area contributed by atoms with Crippen LogP contribution in [0.3, 0.4) is 0 Å². The molecular weight excluding hydrogens is 202 g/mol. The van der Waals surface area contributed by atoms with Crippen LogP contribution in [0.5, 0.6) is 0 Å². The van der Waals surface area contributed by atoms with Crippen LogP contribution < -0.4 is 10.4 Å². The van der Waals surface area contributed by atoms with Gasteiger partial charge in [0.15, 0.2) is 0 Å². The van der Waals surface area contributed by atoms with E-state index in [0.717, 1.165) is 0 Å². The summed E-state index contributed by atoms with van der Waals surface area (Å²) < 4.78 is 0. The van der Waals surface area contributed by atoms with Crippen LogP contribution in [0, 0.1) is 0 Å². The predicted molar refractivity (Wildman–Crippen MR) is 23.6 cm³/mol. The van der Waals surface area contributed by atoms with Crippen molar-refractivity contribution in [1.29, 1.82) is 0 Å². The van der Waals surface area contributed by atoms with E-state index in [0.29, 0.717) is 0 Å². The van der Waals surface area contributed by atoms with E-state index in [-0.39, 0.29) is 28.9 Å². The Balaban J connectivity index is 0. The Hall–Kier alpha value is -0.250. The fraction of sp³-hybridized carbons (Fsp3) is 0.250. The molecule has 0 bridgehead atoms. The molecule has 0 unspecified atom stereocenters. The van der Waals surface area contributed by atoms with Gasteiger partial charge in [0.05, 0.1) is 0 Å². The van der Waals surface area contributed by atoms with E-state index in [1.807, 2.05) is 5.32 Å². The summed E-state index contributed by atoms with van der Waals surface area (Å²) in [5.74, 6) is 0. The SMILES string of the molecule is C=CCNC(=O)[O-].[Ag+]. The molecule has 0 saturated heterocycles. The van der Waals surface area contributed by atoms with Gasteiger partial charge < -0.3 is 15.2 Å². The molecule has 8 heavy (non-hydrogen) atoms.